The van der Waals surface area contributed by atoms with Gasteiger partial charge in [-0.1, -0.05) is 48.8 Å². The highest BCUT2D eigenvalue weighted by Gasteiger charge is 2.55. The molecule has 3 fully saturated rings. The Morgan fingerprint density at radius 2 is 1.89 bits per heavy atom. The monoisotopic (exact) mass is 368 g/mol. The van der Waals surface area contributed by atoms with E-state index in [0.29, 0.717) is 10.8 Å². The van der Waals surface area contributed by atoms with E-state index >= 15 is 0 Å². The summed E-state index contributed by atoms with van der Waals surface area (Å²) in [5, 5.41) is 10.2. The topological polar surface area (TPSA) is 20.2 Å². The zero-order chi connectivity index (χ0) is 19.2. The quantitative estimate of drug-likeness (QED) is 0.419. The van der Waals surface area contributed by atoms with E-state index in [-0.39, 0.29) is 6.10 Å². The van der Waals surface area contributed by atoms with E-state index in [4.69, 9.17) is 0 Å². The van der Waals surface area contributed by atoms with Gasteiger partial charge in [0.1, 0.15) is 0 Å². The molecule has 0 aromatic heterocycles. The first-order valence-electron chi connectivity index (χ1n) is 11.6. The molecule has 0 amide bonds. The summed E-state index contributed by atoms with van der Waals surface area (Å²) in [4.78, 5) is 0. The molecule has 1 heteroatoms. The van der Waals surface area contributed by atoms with Crippen molar-refractivity contribution in [1.82, 2.24) is 0 Å². The fourth-order valence-electron chi connectivity index (χ4n) is 7.32. The zero-order valence-electron chi connectivity index (χ0n) is 18.1. The number of aliphatic hydroxyl groups excluding tert-OH is 1. The second kappa shape index (κ2) is 7.21. The summed E-state index contributed by atoms with van der Waals surface area (Å²) in [6, 6.07) is 0. The number of unbranched alkanes of at least 4 members (excludes halogenated alkanes) is 1. The molecule has 4 aliphatic rings. The molecule has 0 bridgehead atoms. The Balaban J connectivity index is 1.52. The van der Waals surface area contributed by atoms with Gasteiger partial charge >= 0.3 is 0 Å². The maximum Gasteiger partial charge on any atom is 0.0578 e. The van der Waals surface area contributed by atoms with Crippen LogP contribution in [0.3, 0.4) is 0 Å². The molecule has 5 unspecified atom stereocenters. The van der Waals surface area contributed by atoms with Crippen LogP contribution in [0.25, 0.3) is 0 Å². The fraction of sp³-hybridized carbons (Fsp3) is 0.769. The van der Waals surface area contributed by atoms with Crippen LogP contribution in [0.2, 0.25) is 0 Å². The van der Waals surface area contributed by atoms with Crippen molar-refractivity contribution in [2.45, 2.75) is 98.0 Å². The second-order valence-corrected chi connectivity index (χ2v) is 10.8. The van der Waals surface area contributed by atoms with Crippen molar-refractivity contribution in [3.8, 4) is 0 Å². The van der Waals surface area contributed by atoms with Gasteiger partial charge in [-0.2, -0.15) is 0 Å². The Kier molecular flexibility index (Phi) is 5.21. The molecule has 1 nitrogen and oxygen atoms in total. The lowest BCUT2D eigenvalue weighted by Crippen LogP contribution is -2.45. The van der Waals surface area contributed by atoms with Gasteiger partial charge in [0, 0.05) is 0 Å². The Labute approximate surface area is 167 Å². The van der Waals surface area contributed by atoms with Crippen LogP contribution in [0, 0.1) is 28.6 Å². The van der Waals surface area contributed by atoms with Crippen LogP contribution in [0.1, 0.15) is 91.9 Å². The minimum Gasteiger partial charge on any atom is -0.393 e. The van der Waals surface area contributed by atoms with Crippen LogP contribution in [-0.4, -0.2) is 11.2 Å². The van der Waals surface area contributed by atoms with E-state index in [1.807, 2.05) is 0 Å². The van der Waals surface area contributed by atoms with E-state index in [0.717, 1.165) is 30.6 Å². The molecule has 0 aromatic carbocycles. The fourth-order valence-corrected chi connectivity index (χ4v) is 7.32. The summed E-state index contributed by atoms with van der Waals surface area (Å²) < 4.78 is 0. The van der Waals surface area contributed by atoms with Crippen LogP contribution in [0.5, 0.6) is 0 Å². The number of allylic oxidation sites excluding steroid dienone is 5. The highest BCUT2D eigenvalue weighted by atomic mass is 16.3. The van der Waals surface area contributed by atoms with Gasteiger partial charge in [0.05, 0.1) is 6.10 Å². The molecule has 0 aromatic rings. The van der Waals surface area contributed by atoms with Crippen LogP contribution in [0.15, 0.2) is 34.9 Å². The molecular formula is C26H40O. The minimum atomic E-state index is -0.107. The van der Waals surface area contributed by atoms with Gasteiger partial charge in [-0.3, -0.25) is 0 Å². The molecule has 0 radical (unpaired) electrons. The molecule has 27 heavy (non-hydrogen) atoms. The Morgan fingerprint density at radius 1 is 1.07 bits per heavy atom. The van der Waals surface area contributed by atoms with Crippen LogP contribution in [0.4, 0.5) is 0 Å². The number of aliphatic hydroxyl groups is 1. The van der Waals surface area contributed by atoms with Crippen LogP contribution < -0.4 is 0 Å². The summed E-state index contributed by atoms with van der Waals surface area (Å²) in [7, 11) is 0. The van der Waals surface area contributed by atoms with Gasteiger partial charge in [0.15, 0.2) is 0 Å². The standard InChI is InChI=1S/C26H40O/c1-18(2)7-5-6-8-19-10-12-23-22-11-9-20-17-21(27)13-15-26(20,4)24(22)14-16-25(19,23)3/h7,9,11,19,21,23-24,27H,5-6,8,10,12-17H2,1-4H3/t19?,21?,23-,24?,25?,26?/m0/s1. The molecule has 6 atom stereocenters. The normalized spacial score (nSPS) is 43.1. The van der Waals surface area contributed by atoms with Crippen molar-refractivity contribution >= 4 is 0 Å². The van der Waals surface area contributed by atoms with Gasteiger partial charge in [-0.15, -0.1) is 0 Å². The lowest BCUT2D eigenvalue weighted by molar-refractivity contribution is 0.0431. The molecule has 4 rings (SSSR count). The van der Waals surface area contributed by atoms with Crippen molar-refractivity contribution in [2.75, 3.05) is 0 Å². The first-order chi connectivity index (χ1) is 12.8. The summed E-state index contributed by atoms with van der Waals surface area (Å²) in [5.74, 6) is 2.47. The van der Waals surface area contributed by atoms with Gasteiger partial charge in [0.25, 0.3) is 0 Å². The van der Waals surface area contributed by atoms with E-state index < -0.39 is 0 Å². The third-order valence-corrected chi connectivity index (χ3v) is 9.05. The second-order valence-electron chi connectivity index (χ2n) is 10.8. The molecule has 1 N–H and O–H groups in total. The van der Waals surface area contributed by atoms with Gasteiger partial charge in [0.2, 0.25) is 0 Å². The maximum atomic E-state index is 10.2. The number of hydrogen-bond acceptors (Lipinski definition) is 1. The summed E-state index contributed by atoms with van der Waals surface area (Å²) in [6.45, 7) is 9.57. The van der Waals surface area contributed by atoms with Gasteiger partial charge in [-0.25, -0.2) is 0 Å². The highest BCUT2D eigenvalue weighted by Crippen LogP contribution is 2.65. The van der Waals surface area contributed by atoms with Crippen LogP contribution >= 0.6 is 0 Å². The van der Waals surface area contributed by atoms with Gasteiger partial charge < -0.3 is 5.11 Å². The third-order valence-electron chi connectivity index (χ3n) is 9.05. The summed E-state index contributed by atoms with van der Waals surface area (Å²) >= 11 is 0. The van der Waals surface area contributed by atoms with Crippen molar-refractivity contribution in [3.63, 3.8) is 0 Å². The van der Waals surface area contributed by atoms with Crippen molar-refractivity contribution in [1.29, 1.82) is 0 Å². The molecule has 0 spiro atoms. The first-order valence-corrected chi connectivity index (χ1v) is 11.6. The molecule has 0 heterocycles. The summed E-state index contributed by atoms with van der Waals surface area (Å²) in [6.07, 6.45) is 20.0. The largest absolute Gasteiger partial charge is 0.393 e. The van der Waals surface area contributed by atoms with E-state index in [9.17, 15) is 5.11 Å². The summed E-state index contributed by atoms with van der Waals surface area (Å²) in [5.41, 5.74) is 5.65. The first kappa shape index (κ1) is 19.5. The maximum absolute atomic E-state index is 10.2. The molecule has 4 aliphatic carbocycles. The van der Waals surface area contributed by atoms with E-state index in [1.54, 1.807) is 5.57 Å². The molecule has 0 saturated heterocycles. The van der Waals surface area contributed by atoms with Crippen molar-refractivity contribution < 1.29 is 5.11 Å². The van der Waals surface area contributed by atoms with E-state index in [2.05, 4.69) is 45.9 Å². The van der Waals surface area contributed by atoms with Crippen molar-refractivity contribution in [3.05, 3.63) is 34.9 Å². The average Bonchev–Trinajstić information content (AvgIpc) is 2.96. The average molecular weight is 369 g/mol. The molecule has 3 saturated carbocycles. The number of fused-ring (bicyclic) bond motifs is 5. The Hall–Kier alpha value is -0.820. The van der Waals surface area contributed by atoms with Gasteiger partial charge in [-0.05, 0) is 107 Å². The highest BCUT2D eigenvalue weighted by molar-refractivity contribution is 5.38. The smallest absolute Gasteiger partial charge is 0.0578 e. The van der Waals surface area contributed by atoms with E-state index in [1.165, 1.54) is 62.5 Å². The zero-order valence-corrected chi connectivity index (χ0v) is 18.1. The third kappa shape index (κ3) is 3.28. The number of hydrogen-bond donors (Lipinski definition) is 1. The van der Waals surface area contributed by atoms with Crippen molar-refractivity contribution in [2.24, 2.45) is 28.6 Å². The van der Waals surface area contributed by atoms with Crippen LogP contribution in [-0.2, 0) is 0 Å². The Bertz CT molecular complexity index is 664. The molecular weight excluding hydrogens is 328 g/mol. The Morgan fingerprint density at radius 3 is 2.67 bits per heavy atom. The predicted octanol–water partition coefficient (Wildman–Crippen LogP) is 6.98. The minimum absolute atomic E-state index is 0.107. The lowest BCUT2D eigenvalue weighted by atomic mass is 9.50. The number of rotatable bonds is 4. The molecule has 150 valence electrons. The molecule has 0 aliphatic heterocycles. The predicted molar refractivity (Wildman–Crippen MR) is 114 cm³/mol. The SMILES string of the molecule is CC(C)=CCCCC1CC[C@H]2C3=CC=C4CC(O)CCC4(C)C3CCC12C. The lowest BCUT2D eigenvalue weighted by Gasteiger charge is -2.54.